The minimum Gasteiger partial charge on any atom is -0.460 e. The molecule has 32 heavy (non-hydrogen) atoms. The topological polar surface area (TPSA) is 65.7 Å². The number of ether oxygens (including phenoxy) is 2. The second kappa shape index (κ2) is 9.31. The molecule has 0 amide bonds. The van der Waals surface area contributed by atoms with Crippen LogP contribution in [0.3, 0.4) is 0 Å². The van der Waals surface area contributed by atoms with Gasteiger partial charge in [-0.25, -0.2) is 9.18 Å². The molecule has 1 heterocycles. The van der Waals surface area contributed by atoms with Gasteiger partial charge < -0.3 is 13.9 Å². The molecule has 0 bridgehead atoms. The molecule has 1 aromatic heterocycles. The lowest BCUT2D eigenvalue weighted by Gasteiger charge is -2.09. The average Bonchev–Trinajstić information content (AvgIpc) is 2.81. The van der Waals surface area contributed by atoms with Crippen molar-refractivity contribution in [1.82, 2.24) is 0 Å². The Morgan fingerprint density at radius 1 is 1.03 bits per heavy atom. The fourth-order valence-corrected chi connectivity index (χ4v) is 3.13. The zero-order valence-corrected chi connectivity index (χ0v) is 17.2. The molecule has 4 rings (SSSR count). The number of carbonyl (C=O) groups is 1. The molecule has 160 valence electrons. The molecule has 0 aliphatic carbocycles. The standard InChI is InChI=1S/C26H19FO5/c1-2-18-5-3-4-6-22(18)32-24-16-30-23-15-20(12-13-21(23)26(24)29)31-25(28)14-9-17-7-10-19(27)11-8-17/h3-16H,2H2,1H3. The summed E-state index contributed by atoms with van der Waals surface area (Å²) >= 11 is 0. The van der Waals surface area contributed by atoms with E-state index in [0.29, 0.717) is 16.7 Å². The second-order valence-electron chi connectivity index (χ2n) is 6.96. The molecule has 0 aliphatic heterocycles. The van der Waals surface area contributed by atoms with E-state index in [2.05, 4.69) is 0 Å². The van der Waals surface area contributed by atoms with Crippen molar-refractivity contribution in [3.63, 3.8) is 0 Å². The predicted molar refractivity (Wildman–Crippen MR) is 119 cm³/mol. The summed E-state index contributed by atoms with van der Waals surface area (Å²) in [5, 5.41) is 0.304. The van der Waals surface area contributed by atoms with Crippen LogP contribution in [-0.2, 0) is 11.2 Å². The van der Waals surface area contributed by atoms with Gasteiger partial charge in [-0.15, -0.1) is 0 Å². The smallest absolute Gasteiger partial charge is 0.336 e. The van der Waals surface area contributed by atoms with E-state index in [-0.39, 0.29) is 28.3 Å². The molecular formula is C26H19FO5. The van der Waals surface area contributed by atoms with Crippen molar-refractivity contribution in [3.05, 3.63) is 106 Å². The molecular weight excluding hydrogens is 411 g/mol. The SMILES string of the molecule is CCc1ccccc1Oc1coc2cc(OC(=O)C=Cc3ccc(F)cc3)ccc2c1=O. The molecule has 3 aromatic carbocycles. The zero-order chi connectivity index (χ0) is 22.5. The van der Waals surface area contributed by atoms with E-state index in [1.54, 1.807) is 18.2 Å². The molecule has 0 unspecified atom stereocenters. The first-order chi connectivity index (χ1) is 15.5. The van der Waals surface area contributed by atoms with Crippen LogP contribution < -0.4 is 14.9 Å². The van der Waals surface area contributed by atoms with Crippen molar-refractivity contribution in [2.75, 3.05) is 0 Å². The third-order valence-corrected chi connectivity index (χ3v) is 4.79. The van der Waals surface area contributed by atoms with Gasteiger partial charge in [-0.2, -0.15) is 0 Å². The highest BCUT2D eigenvalue weighted by Crippen LogP contribution is 2.26. The minimum absolute atomic E-state index is 0.0744. The summed E-state index contributed by atoms with van der Waals surface area (Å²) in [7, 11) is 0. The molecule has 0 radical (unpaired) electrons. The molecule has 0 saturated carbocycles. The number of benzene rings is 3. The summed E-state index contributed by atoms with van der Waals surface area (Å²) in [6.45, 7) is 2.00. The number of hydrogen-bond acceptors (Lipinski definition) is 5. The normalized spacial score (nSPS) is 11.1. The number of esters is 1. The van der Waals surface area contributed by atoms with Gasteiger partial charge in [0.05, 0.1) is 5.39 Å². The van der Waals surface area contributed by atoms with Gasteiger partial charge in [-0.3, -0.25) is 4.79 Å². The lowest BCUT2D eigenvalue weighted by atomic mass is 10.1. The third kappa shape index (κ3) is 4.75. The summed E-state index contributed by atoms with van der Waals surface area (Å²) < 4.78 is 29.6. The monoisotopic (exact) mass is 430 g/mol. The molecule has 0 saturated heterocycles. The van der Waals surface area contributed by atoms with Crippen molar-refractivity contribution in [2.45, 2.75) is 13.3 Å². The van der Waals surface area contributed by atoms with Crippen LogP contribution in [0.15, 0.2) is 88.3 Å². The molecule has 0 N–H and O–H groups in total. The number of carbonyl (C=O) groups excluding carboxylic acids is 1. The van der Waals surface area contributed by atoms with Gasteiger partial charge in [0.25, 0.3) is 0 Å². The van der Waals surface area contributed by atoms with E-state index in [4.69, 9.17) is 13.9 Å². The number of hydrogen-bond donors (Lipinski definition) is 0. The van der Waals surface area contributed by atoms with Crippen molar-refractivity contribution in [2.24, 2.45) is 0 Å². The molecule has 0 aliphatic rings. The predicted octanol–water partition coefficient (Wildman–Crippen LogP) is 5.91. The van der Waals surface area contributed by atoms with Gasteiger partial charge in [-0.1, -0.05) is 37.3 Å². The Balaban J connectivity index is 1.52. The third-order valence-electron chi connectivity index (χ3n) is 4.79. The maximum Gasteiger partial charge on any atom is 0.336 e. The van der Waals surface area contributed by atoms with Crippen LogP contribution in [0.2, 0.25) is 0 Å². The van der Waals surface area contributed by atoms with E-state index < -0.39 is 5.97 Å². The van der Waals surface area contributed by atoms with Crippen molar-refractivity contribution >= 4 is 23.0 Å². The number of aryl methyl sites for hydroxylation is 1. The van der Waals surface area contributed by atoms with Crippen LogP contribution in [0, 0.1) is 5.82 Å². The highest BCUT2D eigenvalue weighted by atomic mass is 19.1. The van der Waals surface area contributed by atoms with E-state index in [9.17, 15) is 14.0 Å². The molecule has 0 fully saturated rings. The van der Waals surface area contributed by atoms with Crippen molar-refractivity contribution in [3.8, 4) is 17.2 Å². The van der Waals surface area contributed by atoms with Crippen LogP contribution in [0.5, 0.6) is 17.2 Å². The Kier molecular flexibility index (Phi) is 6.12. The van der Waals surface area contributed by atoms with Gasteiger partial charge in [0.1, 0.15) is 29.2 Å². The molecule has 6 heteroatoms. The van der Waals surface area contributed by atoms with Crippen molar-refractivity contribution in [1.29, 1.82) is 0 Å². The highest BCUT2D eigenvalue weighted by molar-refractivity contribution is 5.89. The number of rotatable bonds is 6. The number of halogens is 1. The lowest BCUT2D eigenvalue weighted by molar-refractivity contribution is -0.128. The van der Waals surface area contributed by atoms with Gasteiger partial charge >= 0.3 is 5.97 Å². The van der Waals surface area contributed by atoms with Crippen LogP contribution in [0.4, 0.5) is 4.39 Å². The van der Waals surface area contributed by atoms with Crippen LogP contribution >= 0.6 is 0 Å². The van der Waals surface area contributed by atoms with Crippen LogP contribution in [0.25, 0.3) is 17.0 Å². The average molecular weight is 430 g/mol. The van der Waals surface area contributed by atoms with E-state index in [0.717, 1.165) is 12.0 Å². The van der Waals surface area contributed by atoms with Gasteiger partial charge in [0, 0.05) is 12.1 Å². The second-order valence-corrected chi connectivity index (χ2v) is 6.96. The van der Waals surface area contributed by atoms with Gasteiger partial charge in [0.2, 0.25) is 11.2 Å². The highest BCUT2D eigenvalue weighted by Gasteiger charge is 2.12. The van der Waals surface area contributed by atoms with Gasteiger partial charge in [0.15, 0.2) is 0 Å². The Hall–Kier alpha value is -4.19. The quantitative estimate of drug-likeness (QED) is 0.216. The lowest BCUT2D eigenvalue weighted by Crippen LogP contribution is -2.07. The molecule has 4 aromatic rings. The molecule has 0 atom stereocenters. The van der Waals surface area contributed by atoms with Crippen LogP contribution in [0.1, 0.15) is 18.1 Å². The van der Waals surface area contributed by atoms with Crippen LogP contribution in [-0.4, -0.2) is 5.97 Å². The Labute approximate surface area is 183 Å². The largest absolute Gasteiger partial charge is 0.460 e. The Morgan fingerprint density at radius 2 is 1.81 bits per heavy atom. The maximum absolute atomic E-state index is 12.9. The Bertz CT molecular complexity index is 1350. The number of para-hydroxylation sites is 1. The fourth-order valence-electron chi connectivity index (χ4n) is 3.13. The summed E-state index contributed by atoms with van der Waals surface area (Å²) in [4.78, 5) is 24.9. The molecule has 5 nitrogen and oxygen atoms in total. The summed E-state index contributed by atoms with van der Waals surface area (Å²) in [6.07, 6.45) is 4.76. The first-order valence-corrected chi connectivity index (χ1v) is 10.0. The summed E-state index contributed by atoms with van der Waals surface area (Å²) in [5.41, 5.74) is 1.57. The first-order valence-electron chi connectivity index (χ1n) is 10.0. The van der Waals surface area contributed by atoms with E-state index in [1.165, 1.54) is 48.7 Å². The molecule has 0 spiro atoms. The summed E-state index contributed by atoms with van der Waals surface area (Å²) in [5.74, 6) is -0.0809. The van der Waals surface area contributed by atoms with Gasteiger partial charge in [-0.05, 0) is 54.0 Å². The van der Waals surface area contributed by atoms with Crippen molar-refractivity contribution < 1.29 is 23.1 Å². The first kappa shape index (κ1) is 21.1. The Morgan fingerprint density at radius 3 is 2.59 bits per heavy atom. The maximum atomic E-state index is 12.9. The minimum atomic E-state index is -0.618. The fraction of sp³-hybridized carbons (Fsp3) is 0.0769. The zero-order valence-electron chi connectivity index (χ0n) is 17.2. The van der Waals surface area contributed by atoms with E-state index >= 15 is 0 Å². The summed E-state index contributed by atoms with van der Waals surface area (Å²) in [6, 6.07) is 17.7. The number of fused-ring (bicyclic) bond motifs is 1. The van der Waals surface area contributed by atoms with E-state index in [1.807, 2.05) is 25.1 Å².